The predicted octanol–water partition coefficient (Wildman–Crippen LogP) is 1.32. The van der Waals surface area contributed by atoms with Gasteiger partial charge in [-0.2, -0.15) is 0 Å². The van der Waals surface area contributed by atoms with E-state index in [0.717, 1.165) is 18.8 Å². The van der Waals surface area contributed by atoms with E-state index in [9.17, 15) is 0 Å². The standard InChI is InChI=1S/C8H10N2S/c1-5-4-6-7(11-5)2-3-10-8(6)9/h4H,2-3H2,1H3,(H2,9,10). The summed E-state index contributed by atoms with van der Waals surface area (Å²) in [4.78, 5) is 6.91. The van der Waals surface area contributed by atoms with Crippen LogP contribution in [0.3, 0.4) is 0 Å². The molecule has 2 heterocycles. The molecule has 2 N–H and O–H groups in total. The third-order valence-corrected chi connectivity index (χ3v) is 2.94. The number of rotatable bonds is 0. The van der Waals surface area contributed by atoms with Gasteiger partial charge in [0.25, 0.3) is 0 Å². The smallest absolute Gasteiger partial charge is 0.126 e. The summed E-state index contributed by atoms with van der Waals surface area (Å²) >= 11 is 1.83. The fourth-order valence-corrected chi connectivity index (χ4v) is 2.36. The maximum Gasteiger partial charge on any atom is 0.126 e. The number of aliphatic imine (C=N–C) groups is 1. The Hall–Kier alpha value is -0.830. The molecular weight excluding hydrogens is 156 g/mol. The maximum atomic E-state index is 5.72. The lowest BCUT2D eigenvalue weighted by Crippen LogP contribution is -2.18. The Morgan fingerprint density at radius 2 is 2.45 bits per heavy atom. The minimum Gasteiger partial charge on any atom is -0.383 e. The van der Waals surface area contributed by atoms with Crippen molar-refractivity contribution in [2.24, 2.45) is 10.7 Å². The largest absolute Gasteiger partial charge is 0.383 e. The first-order chi connectivity index (χ1) is 5.27. The Morgan fingerprint density at radius 1 is 1.64 bits per heavy atom. The molecule has 0 aliphatic carbocycles. The molecule has 2 rings (SSSR count). The minimum atomic E-state index is 0.718. The molecule has 1 aromatic rings. The second-order valence-corrected chi connectivity index (χ2v) is 4.05. The molecule has 0 saturated heterocycles. The molecule has 2 nitrogen and oxygen atoms in total. The quantitative estimate of drug-likeness (QED) is 0.620. The van der Waals surface area contributed by atoms with Gasteiger partial charge in [-0.3, -0.25) is 4.99 Å². The third kappa shape index (κ3) is 1.05. The molecule has 11 heavy (non-hydrogen) atoms. The number of aryl methyl sites for hydroxylation is 1. The number of hydrogen-bond acceptors (Lipinski definition) is 3. The van der Waals surface area contributed by atoms with Gasteiger partial charge in [-0.15, -0.1) is 11.3 Å². The van der Waals surface area contributed by atoms with Gasteiger partial charge >= 0.3 is 0 Å². The van der Waals surface area contributed by atoms with Crippen molar-refractivity contribution in [3.63, 3.8) is 0 Å². The van der Waals surface area contributed by atoms with Crippen molar-refractivity contribution in [3.05, 3.63) is 21.4 Å². The fourth-order valence-electron chi connectivity index (χ4n) is 1.33. The number of fused-ring (bicyclic) bond motifs is 1. The molecule has 1 aromatic heterocycles. The first-order valence-corrected chi connectivity index (χ1v) is 4.48. The Balaban J connectivity index is 2.55. The first-order valence-electron chi connectivity index (χ1n) is 3.67. The highest BCUT2D eigenvalue weighted by Crippen LogP contribution is 2.24. The monoisotopic (exact) mass is 166 g/mol. The Kier molecular flexibility index (Phi) is 1.46. The van der Waals surface area contributed by atoms with Gasteiger partial charge in [0.1, 0.15) is 5.84 Å². The highest BCUT2D eigenvalue weighted by molar-refractivity contribution is 7.12. The van der Waals surface area contributed by atoms with Gasteiger partial charge in [-0.05, 0) is 13.0 Å². The zero-order valence-corrected chi connectivity index (χ0v) is 7.24. The van der Waals surface area contributed by atoms with Gasteiger partial charge in [-0.25, -0.2) is 0 Å². The summed E-state index contributed by atoms with van der Waals surface area (Å²) in [5.41, 5.74) is 6.88. The zero-order chi connectivity index (χ0) is 7.84. The second-order valence-electron chi connectivity index (χ2n) is 2.71. The maximum absolute atomic E-state index is 5.72. The van der Waals surface area contributed by atoms with Crippen molar-refractivity contribution in [1.82, 2.24) is 0 Å². The van der Waals surface area contributed by atoms with E-state index in [1.807, 2.05) is 11.3 Å². The molecular formula is C8H10N2S. The Bertz CT molecular complexity index is 312. The number of amidine groups is 1. The average molecular weight is 166 g/mol. The van der Waals surface area contributed by atoms with Crippen molar-refractivity contribution < 1.29 is 0 Å². The van der Waals surface area contributed by atoms with Gasteiger partial charge in [0.15, 0.2) is 0 Å². The van der Waals surface area contributed by atoms with E-state index in [4.69, 9.17) is 5.73 Å². The second kappa shape index (κ2) is 2.34. The van der Waals surface area contributed by atoms with Crippen LogP contribution in [0.25, 0.3) is 0 Å². The molecule has 0 saturated carbocycles. The summed E-state index contributed by atoms with van der Waals surface area (Å²) in [7, 11) is 0. The predicted molar refractivity (Wildman–Crippen MR) is 48.4 cm³/mol. The molecule has 3 heteroatoms. The van der Waals surface area contributed by atoms with E-state index in [-0.39, 0.29) is 0 Å². The van der Waals surface area contributed by atoms with E-state index in [2.05, 4.69) is 18.0 Å². The lowest BCUT2D eigenvalue weighted by molar-refractivity contribution is 0.960. The molecule has 58 valence electrons. The summed E-state index contributed by atoms with van der Waals surface area (Å²) < 4.78 is 0. The molecule has 0 bridgehead atoms. The van der Waals surface area contributed by atoms with Crippen LogP contribution in [-0.4, -0.2) is 12.4 Å². The van der Waals surface area contributed by atoms with E-state index in [0.29, 0.717) is 0 Å². The summed E-state index contributed by atoms with van der Waals surface area (Å²) in [6.07, 6.45) is 1.06. The molecule has 0 unspecified atom stereocenters. The molecule has 0 aromatic carbocycles. The van der Waals surface area contributed by atoms with Crippen LogP contribution in [-0.2, 0) is 6.42 Å². The van der Waals surface area contributed by atoms with E-state index in [1.165, 1.54) is 15.3 Å². The SMILES string of the molecule is Cc1cc2c(s1)CCN=C2N. The molecule has 0 radical (unpaired) electrons. The summed E-state index contributed by atoms with van der Waals surface area (Å²) in [6.45, 7) is 2.97. The molecule has 1 aliphatic heterocycles. The Labute approximate surface area is 69.8 Å². The van der Waals surface area contributed by atoms with Crippen LogP contribution in [0.2, 0.25) is 0 Å². The van der Waals surface area contributed by atoms with Crippen LogP contribution in [0.5, 0.6) is 0 Å². The fraction of sp³-hybridized carbons (Fsp3) is 0.375. The van der Waals surface area contributed by atoms with Gasteiger partial charge < -0.3 is 5.73 Å². The van der Waals surface area contributed by atoms with Crippen molar-refractivity contribution >= 4 is 17.2 Å². The lowest BCUT2D eigenvalue weighted by atomic mass is 10.1. The molecule has 0 fully saturated rings. The minimum absolute atomic E-state index is 0.718. The van der Waals surface area contributed by atoms with Crippen LogP contribution in [0, 0.1) is 6.92 Å². The molecule has 0 atom stereocenters. The van der Waals surface area contributed by atoms with Gasteiger partial charge in [0.2, 0.25) is 0 Å². The van der Waals surface area contributed by atoms with Crippen molar-refractivity contribution in [2.45, 2.75) is 13.3 Å². The summed E-state index contributed by atoms with van der Waals surface area (Å²) in [6, 6.07) is 2.12. The number of nitrogens with zero attached hydrogens (tertiary/aromatic N) is 1. The van der Waals surface area contributed by atoms with Crippen LogP contribution in [0.4, 0.5) is 0 Å². The number of thiophene rings is 1. The molecule has 0 amide bonds. The van der Waals surface area contributed by atoms with Crippen molar-refractivity contribution in [2.75, 3.05) is 6.54 Å². The highest BCUT2D eigenvalue weighted by Gasteiger charge is 2.13. The molecule has 0 spiro atoms. The average Bonchev–Trinajstić information content (AvgIpc) is 2.31. The van der Waals surface area contributed by atoms with Gasteiger partial charge in [0, 0.05) is 28.3 Å². The summed E-state index contributed by atoms with van der Waals surface area (Å²) in [5.74, 6) is 0.718. The van der Waals surface area contributed by atoms with E-state index < -0.39 is 0 Å². The molecule has 1 aliphatic rings. The van der Waals surface area contributed by atoms with E-state index >= 15 is 0 Å². The van der Waals surface area contributed by atoms with Gasteiger partial charge in [0.05, 0.1) is 0 Å². The summed E-state index contributed by atoms with van der Waals surface area (Å²) in [5, 5.41) is 0. The first kappa shape index (κ1) is 6.85. The Morgan fingerprint density at radius 3 is 3.18 bits per heavy atom. The normalized spacial score (nSPS) is 15.9. The lowest BCUT2D eigenvalue weighted by Gasteiger charge is -2.07. The van der Waals surface area contributed by atoms with Crippen LogP contribution >= 0.6 is 11.3 Å². The number of hydrogen-bond donors (Lipinski definition) is 1. The van der Waals surface area contributed by atoms with Crippen LogP contribution in [0.1, 0.15) is 15.3 Å². The third-order valence-electron chi connectivity index (χ3n) is 1.83. The van der Waals surface area contributed by atoms with Crippen LogP contribution < -0.4 is 5.73 Å². The zero-order valence-electron chi connectivity index (χ0n) is 6.42. The van der Waals surface area contributed by atoms with E-state index in [1.54, 1.807) is 0 Å². The highest BCUT2D eigenvalue weighted by atomic mass is 32.1. The number of nitrogens with two attached hydrogens (primary N) is 1. The van der Waals surface area contributed by atoms with Crippen LogP contribution in [0.15, 0.2) is 11.1 Å². The van der Waals surface area contributed by atoms with Crippen molar-refractivity contribution in [3.8, 4) is 0 Å². The van der Waals surface area contributed by atoms with Crippen molar-refractivity contribution in [1.29, 1.82) is 0 Å². The topological polar surface area (TPSA) is 38.4 Å². The van der Waals surface area contributed by atoms with Gasteiger partial charge in [-0.1, -0.05) is 0 Å².